The van der Waals surface area contributed by atoms with Gasteiger partial charge in [-0.1, -0.05) is 0 Å². The molecule has 0 radical (unpaired) electrons. The fourth-order valence-corrected chi connectivity index (χ4v) is 0.850. The van der Waals surface area contributed by atoms with Crippen molar-refractivity contribution >= 4 is 5.71 Å². The average molecular weight is 144 g/mol. The van der Waals surface area contributed by atoms with E-state index in [-0.39, 0.29) is 0 Å². The van der Waals surface area contributed by atoms with E-state index in [2.05, 4.69) is 10.3 Å². The van der Waals surface area contributed by atoms with Crippen LogP contribution in [0, 0.1) is 0 Å². The summed E-state index contributed by atoms with van der Waals surface area (Å²) in [7, 11) is 0. The van der Waals surface area contributed by atoms with Crippen molar-refractivity contribution in [2.45, 2.75) is 25.5 Å². The van der Waals surface area contributed by atoms with Crippen molar-refractivity contribution in [3.63, 3.8) is 0 Å². The first-order chi connectivity index (χ1) is 4.61. The molecule has 0 aromatic rings. The second kappa shape index (κ2) is 2.63. The van der Waals surface area contributed by atoms with Gasteiger partial charge < -0.3 is 10.8 Å². The molecule has 5 nitrogen and oxygen atoms in total. The Bertz CT molecular complexity index is 158. The normalized spacial score (nSPS) is 41.2. The minimum absolute atomic E-state index is 0.431. The lowest BCUT2D eigenvalue weighted by atomic mass is 10.1. The van der Waals surface area contributed by atoms with Crippen LogP contribution >= 0.6 is 0 Å². The molecule has 10 heavy (non-hydrogen) atoms. The van der Waals surface area contributed by atoms with Crippen molar-refractivity contribution in [3.8, 4) is 0 Å². The van der Waals surface area contributed by atoms with E-state index < -0.39 is 18.6 Å². The lowest BCUT2D eigenvalue weighted by Gasteiger charge is -2.27. The van der Waals surface area contributed by atoms with Gasteiger partial charge in [0.15, 0.2) is 6.29 Å². The number of nitrogens with one attached hydrogen (secondary N) is 1. The zero-order valence-electron chi connectivity index (χ0n) is 5.78. The van der Waals surface area contributed by atoms with Gasteiger partial charge in [-0.15, -0.1) is 0 Å². The van der Waals surface area contributed by atoms with Gasteiger partial charge in [-0.05, 0) is 6.92 Å². The molecule has 6 N–H and O–H groups in total. The van der Waals surface area contributed by atoms with Gasteiger partial charge in [-0.2, -0.15) is 0 Å². The highest BCUT2D eigenvalue weighted by atomic mass is 16.3. The molecule has 0 aromatic carbocycles. The molecule has 0 fully saturated rings. The van der Waals surface area contributed by atoms with Crippen molar-refractivity contribution in [2.24, 2.45) is 16.5 Å². The summed E-state index contributed by atoms with van der Waals surface area (Å²) >= 11 is 0. The lowest BCUT2D eigenvalue weighted by Crippen LogP contribution is -2.58. The number of hydrogen-bond acceptors (Lipinski definition) is 5. The Morgan fingerprint density at radius 1 is 1.60 bits per heavy atom. The summed E-state index contributed by atoms with van der Waals surface area (Å²) in [4.78, 5) is 3.91. The average Bonchev–Trinajstić information content (AvgIpc) is 1.82. The molecular formula is C5H12N4O. The van der Waals surface area contributed by atoms with E-state index in [1.165, 1.54) is 0 Å². The topological polar surface area (TPSA) is 96.7 Å². The van der Waals surface area contributed by atoms with Crippen LogP contribution in [0.3, 0.4) is 0 Å². The van der Waals surface area contributed by atoms with Crippen LogP contribution in [0.25, 0.3) is 0 Å². The van der Waals surface area contributed by atoms with Crippen molar-refractivity contribution in [2.75, 3.05) is 0 Å². The number of aliphatic imine (C=N–C) groups is 1. The largest absolute Gasteiger partial charge is 0.376 e. The van der Waals surface area contributed by atoms with Crippen LogP contribution in [-0.4, -0.2) is 29.4 Å². The highest BCUT2D eigenvalue weighted by molar-refractivity contribution is 5.88. The fourth-order valence-electron chi connectivity index (χ4n) is 0.850. The standard InChI is InChI=1S/C5H12N4O/c1-2-3(6)4(10)9-5(7)8-2/h3-5,9-10H,6-7H2,1H3/t3?,4-,5?/m1/s1. The third-order valence-corrected chi connectivity index (χ3v) is 1.51. The second-order valence-corrected chi connectivity index (χ2v) is 2.35. The van der Waals surface area contributed by atoms with Gasteiger partial charge in [0.05, 0.1) is 6.04 Å². The summed E-state index contributed by atoms with van der Waals surface area (Å²) < 4.78 is 0. The first-order valence-electron chi connectivity index (χ1n) is 3.11. The van der Waals surface area contributed by atoms with E-state index in [1.54, 1.807) is 6.92 Å². The molecule has 0 saturated heterocycles. The Balaban J connectivity index is 2.71. The Labute approximate surface area is 59.1 Å². The quantitative estimate of drug-likeness (QED) is 0.314. The van der Waals surface area contributed by atoms with Gasteiger partial charge in [0.1, 0.15) is 6.23 Å². The zero-order valence-corrected chi connectivity index (χ0v) is 5.78. The number of nitrogens with zero attached hydrogens (tertiary/aromatic N) is 1. The van der Waals surface area contributed by atoms with Crippen molar-refractivity contribution in [1.29, 1.82) is 0 Å². The van der Waals surface area contributed by atoms with Gasteiger partial charge in [0.25, 0.3) is 0 Å². The van der Waals surface area contributed by atoms with Gasteiger partial charge in [0, 0.05) is 5.71 Å². The van der Waals surface area contributed by atoms with Gasteiger partial charge in [0.2, 0.25) is 0 Å². The predicted octanol–water partition coefficient (Wildman–Crippen LogP) is -2.06. The van der Waals surface area contributed by atoms with Crippen molar-refractivity contribution in [3.05, 3.63) is 0 Å². The first kappa shape index (κ1) is 7.62. The fraction of sp³-hybridized carbons (Fsp3) is 0.800. The molecule has 58 valence electrons. The van der Waals surface area contributed by atoms with E-state index >= 15 is 0 Å². The van der Waals surface area contributed by atoms with E-state index in [4.69, 9.17) is 16.6 Å². The van der Waals surface area contributed by atoms with Crippen molar-refractivity contribution < 1.29 is 5.11 Å². The Morgan fingerprint density at radius 3 is 2.70 bits per heavy atom. The van der Waals surface area contributed by atoms with E-state index in [1.807, 2.05) is 0 Å². The molecule has 0 aromatic heterocycles. The summed E-state index contributed by atoms with van der Waals surface area (Å²) in [6.07, 6.45) is -1.29. The molecule has 2 unspecified atom stereocenters. The minimum atomic E-state index is -0.771. The molecule has 1 aliphatic rings. The summed E-state index contributed by atoms with van der Waals surface area (Å²) in [5, 5.41) is 11.7. The molecule has 3 atom stereocenters. The van der Waals surface area contributed by atoms with Crippen LogP contribution in [0.1, 0.15) is 6.92 Å². The van der Waals surface area contributed by atoms with Gasteiger partial charge in [-0.3, -0.25) is 16.0 Å². The molecule has 0 saturated carbocycles. The number of aliphatic hydroxyl groups excluding tert-OH is 1. The third kappa shape index (κ3) is 1.32. The van der Waals surface area contributed by atoms with E-state index in [0.717, 1.165) is 0 Å². The third-order valence-electron chi connectivity index (χ3n) is 1.51. The van der Waals surface area contributed by atoms with E-state index in [9.17, 15) is 0 Å². The summed E-state index contributed by atoms with van der Waals surface area (Å²) in [6, 6.07) is -0.431. The van der Waals surface area contributed by atoms with Crippen molar-refractivity contribution in [1.82, 2.24) is 5.32 Å². The maximum Gasteiger partial charge on any atom is 0.153 e. The predicted molar refractivity (Wildman–Crippen MR) is 38.2 cm³/mol. The van der Waals surface area contributed by atoms with Crippen LogP contribution in [0.4, 0.5) is 0 Å². The number of rotatable bonds is 0. The zero-order chi connectivity index (χ0) is 7.72. The lowest BCUT2D eigenvalue weighted by molar-refractivity contribution is 0.109. The highest BCUT2D eigenvalue weighted by Gasteiger charge is 2.23. The molecule has 0 spiro atoms. The second-order valence-electron chi connectivity index (χ2n) is 2.35. The molecule has 1 rings (SSSR count). The maximum absolute atomic E-state index is 9.12. The number of hydrogen-bond donors (Lipinski definition) is 4. The highest BCUT2D eigenvalue weighted by Crippen LogP contribution is 1.98. The molecule has 0 aliphatic carbocycles. The Morgan fingerprint density at radius 2 is 2.20 bits per heavy atom. The van der Waals surface area contributed by atoms with Crippen LogP contribution in [-0.2, 0) is 0 Å². The molecule has 1 heterocycles. The minimum Gasteiger partial charge on any atom is -0.376 e. The maximum atomic E-state index is 9.12. The first-order valence-corrected chi connectivity index (χ1v) is 3.11. The Hall–Kier alpha value is -0.490. The monoisotopic (exact) mass is 144 g/mol. The smallest absolute Gasteiger partial charge is 0.153 e. The van der Waals surface area contributed by atoms with Crippen LogP contribution in [0.15, 0.2) is 4.99 Å². The molecular weight excluding hydrogens is 132 g/mol. The van der Waals surface area contributed by atoms with Crippen LogP contribution in [0.5, 0.6) is 0 Å². The van der Waals surface area contributed by atoms with Crippen LogP contribution in [0.2, 0.25) is 0 Å². The number of nitrogens with two attached hydrogens (primary N) is 2. The molecule has 0 amide bonds. The SMILES string of the molecule is CC1=NC(N)N[C@H](O)C1N. The summed E-state index contributed by atoms with van der Waals surface area (Å²) in [5.41, 5.74) is 11.5. The molecule has 0 bridgehead atoms. The van der Waals surface area contributed by atoms with E-state index in [0.29, 0.717) is 5.71 Å². The van der Waals surface area contributed by atoms with Crippen LogP contribution < -0.4 is 16.8 Å². The Kier molecular flexibility index (Phi) is 2.00. The summed E-state index contributed by atoms with van der Waals surface area (Å²) in [6.45, 7) is 1.74. The van der Waals surface area contributed by atoms with Gasteiger partial charge in [-0.25, -0.2) is 0 Å². The number of aliphatic hydroxyl groups is 1. The van der Waals surface area contributed by atoms with Gasteiger partial charge >= 0.3 is 0 Å². The molecule has 5 heteroatoms. The molecule has 1 aliphatic heterocycles. The summed E-state index contributed by atoms with van der Waals surface area (Å²) in [5.74, 6) is 0.